The summed E-state index contributed by atoms with van der Waals surface area (Å²) in [6.45, 7) is 0. The Balaban J connectivity index is 0.00000361. The van der Waals surface area contributed by atoms with Crippen LogP contribution in [0, 0.1) is 18.5 Å². The summed E-state index contributed by atoms with van der Waals surface area (Å²) >= 11 is 0. The summed E-state index contributed by atoms with van der Waals surface area (Å²) in [6, 6.07) is 52.5. The van der Waals surface area contributed by atoms with Crippen molar-refractivity contribution in [3.63, 3.8) is 0 Å². The van der Waals surface area contributed by atoms with E-state index < -0.39 is 0 Å². The fourth-order valence-electron chi connectivity index (χ4n) is 7.27. The Labute approximate surface area is 322 Å². The molecule has 0 aliphatic rings. The van der Waals surface area contributed by atoms with E-state index in [1.807, 2.05) is 78.7 Å². The summed E-state index contributed by atoms with van der Waals surface area (Å²) in [7, 11) is 0. The smallest absolute Gasteiger partial charge is 0.268 e. The zero-order valence-corrected chi connectivity index (χ0v) is 30.6. The number of nitrogens with zero attached hydrogens (tertiary/aromatic N) is 8. The van der Waals surface area contributed by atoms with Gasteiger partial charge < -0.3 is 9.30 Å². The monoisotopic (exact) mass is 877 g/mol. The minimum atomic E-state index is 0. The van der Waals surface area contributed by atoms with Crippen LogP contribution in [0.4, 0.5) is 0 Å². The molecule has 11 aromatic rings. The van der Waals surface area contributed by atoms with Crippen molar-refractivity contribution in [1.82, 2.24) is 32.7 Å². The molecule has 0 amide bonds. The van der Waals surface area contributed by atoms with E-state index in [1.54, 1.807) is 12.4 Å². The summed E-state index contributed by atoms with van der Waals surface area (Å²) in [5, 5.41) is 0. The van der Waals surface area contributed by atoms with E-state index in [4.69, 9.17) is 9.72 Å². The van der Waals surface area contributed by atoms with Crippen molar-refractivity contribution in [3.05, 3.63) is 177 Å². The second-order valence-corrected chi connectivity index (χ2v) is 12.7. The van der Waals surface area contributed by atoms with Gasteiger partial charge in [0.15, 0.2) is 0 Å². The molecule has 0 spiro atoms. The van der Waals surface area contributed by atoms with Crippen LogP contribution >= 0.6 is 0 Å². The summed E-state index contributed by atoms with van der Waals surface area (Å²) in [5.74, 6) is 3.20. The van der Waals surface area contributed by atoms with Crippen molar-refractivity contribution in [3.8, 4) is 45.1 Å². The molecule has 0 atom stereocenters. The number of ether oxygens (including phenoxy) is 1. The summed E-state index contributed by atoms with van der Waals surface area (Å²) < 4.78 is 16.5. The molecular weight excluding hydrogens is 852 g/mol. The predicted molar refractivity (Wildman–Crippen MR) is 202 cm³/mol. The van der Waals surface area contributed by atoms with E-state index in [0.717, 1.165) is 61.5 Å². The number of fused-ring (bicyclic) bond motifs is 9. The van der Waals surface area contributed by atoms with Gasteiger partial charge in [0.05, 0.1) is 16.7 Å². The van der Waals surface area contributed by atoms with E-state index in [2.05, 4.69) is 118 Å². The number of aromatic nitrogens is 8. The Morgan fingerprint density at radius 2 is 1.22 bits per heavy atom. The van der Waals surface area contributed by atoms with Crippen LogP contribution in [-0.2, 0) is 21.1 Å². The largest absolute Gasteiger partial charge is 0.510 e. The van der Waals surface area contributed by atoms with Gasteiger partial charge in [0, 0.05) is 57.4 Å². The molecule has 0 saturated heterocycles. The van der Waals surface area contributed by atoms with Crippen molar-refractivity contribution in [2.45, 2.75) is 0 Å². The molecule has 260 valence electrons. The fourth-order valence-corrected chi connectivity index (χ4v) is 7.27. The minimum Gasteiger partial charge on any atom is -0.510 e. The van der Waals surface area contributed by atoms with Crippen LogP contribution in [0.5, 0.6) is 11.5 Å². The molecule has 5 aromatic heterocycles. The van der Waals surface area contributed by atoms with Crippen LogP contribution in [0.15, 0.2) is 158 Å². The Morgan fingerprint density at radius 1 is 0.574 bits per heavy atom. The molecule has 0 bridgehead atoms. The zero-order chi connectivity index (χ0) is 34.9. The SMILES string of the molecule is [Pt].[c-]1c(Oc2[c-]c3c(cc2)nc2n4ccnc4n4ccnc4n32)cccc1-n1[c-][n+](-c2c(-c3ccccc3)cccc2-c2ccccc2)c2ccccc21. The number of hydrogen-bond donors (Lipinski definition) is 0. The summed E-state index contributed by atoms with van der Waals surface area (Å²) in [5.41, 5.74) is 9.81. The maximum absolute atomic E-state index is 6.46. The molecule has 0 aliphatic carbocycles. The number of rotatable bonds is 6. The third-order valence-electron chi connectivity index (χ3n) is 9.60. The molecule has 10 heteroatoms. The topological polar surface area (TPSA) is 69.9 Å². The third kappa shape index (κ3) is 4.97. The van der Waals surface area contributed by atoms with Crippen molar-refractivity contribution in [2.24, 2.45) is 0 Å². The van der Waals surface area contributed by atoms with Crippen molar-refractivity contribution >= 4 is 39.4 Å². The Morgan fingerprint density at radius 3 is 1.98 bits per heavy atom. The van der Waals surface area contributed by atoms with Gasteiger partial charge in [0.1, 0.15) is 0 Å². The number of para-hydroxylation sites is 3. The third-order valence-corrected chi connectivity index (χ3v) is 9.60. The van der Waals surface area contributed by atoms with Gasteiger partial charge in [0.2, 0.25) is 17.3 Å². The van der Waals surface area contributed by atoms with Crippen LogP contribution in [0.25, 0.3) is 73.0 Å². The van der Waals surface area contributed by atoms with Crippen molar-refractivity contribution in [2.75, 3.05) is 0 Å². The zero-order valence-electron chi connectivity index (χ0n) is 28.3. The maximum Gasteiger partial charge on any atom is 0.268 e. The molecule has 0 saturated carbocycles. The van der Waals surface area contributed by atoms with Crippen molar-refractivity contribution in [1.29, 1.82) is 0 Å². The van der Waals surface area contributed by atoms with Gasteiger partial charge in [0.25, 0.3) is 6.33 Å². The van der Waals surface area contributed by atoms with Gasteiger partial charge in [-0.25, -0.2) is 9.97 Å². The first-order chi connectivity index (χ1) is 26.3. The van der Waals surface area contributed by atoms with Gasteiger partial charge in [-0.15, -0.1) is 30.3 Å². The molecule has 0 aliphatic heterocycles. The van der Waals surface area contributed by atoms with Crippen LogP contribution in [-0.4, -0.2) is 32.7 Å². The second kappa shape index (κ2) is 12.7. The standard InChI is InChI=1S/C44H26N8O.Pt/c1-3-11-30(12-4-1)35-17-10-18-36(31-13-5-2-6-14-31)41(35)51-29-50(38-19-7-8-20-39(38)51)32-15-9-16-33(27-32)53-34-21-22-37-40(28-34)52-43-46-24-25-48(43)42-45-23-26-49(42)44(52)47-37;/h1-26H;/q-2;. The van der Waals surface area contributed by atoms with Crippen LogP contribution in [0.3, 0.4) is 0 Å². The average Bonchev–Trinajstić information content (AvgIpc) is 4.03. The maximum atomic E-state index is 6.46. The molecule has 0 unspecified atom stereocenters. The molecule has 6 aromatic carbocycles. The van der Waals surface area contributed by atoms with Gasteiger partial charge in [-0.1, -0.05) is 103 Å². The fraction of sp³-hybridized carbons (Fsp3) is 0. The minimum absolute atomic E-state index is 0. The van der Waals surface area contributed by atoms with Gasteiger partial charge in [-0.3, -0.25) is 22.8 Å². The molecule has 5 heterocycles. The molecule has 9 nitrogen and oxygen atoms in total. The Kier molecular flexibility index (Phi) is 7.49. The second-order valence-electron chi connectivity index (χ2n) is 12.7. The molecule has 54 heavy (non-hydrogen) atoms. The summed E-state index contributed by atoms with van der Waals surface area (Å²) in [4.78, 5) is 14.0. The van der Waals surface area contributed by atoms with Crippen LogP contribution < -0.4 is 9.30 Å². The van der Waals surface area contributed by atoms with E-state index >= 15 is 0 Å². The number of hydrogen-bond acceptors (Lipinski definition) is 4. The Hall–Kier alpha value is -6.83. The van der Waals surface area contributed by atoms with Crippen LogP contribution in [0.1, 0.15) is 0 Å². The van der Waals surface area contributed by atoms with Gasteiger partial charge >= 0.3 is 0 Å². The molecule has 0 N–H and O–H groups in total. The quantitative estimate of drug-likeness (QED) is 0.124. The average molecular weight is 878 g/mol. The first-order valence-electron chi connectivity index (χ1n) is 17.2. The number of benzene rings is 6. The van der Waals surface area contributed by atoms with Gasteiger partial charge in [-0.2, -0.15) is 12.1 Å². The molecule has 0 radical (unpaired) electrons. The normalized spacial score (nSPS) is 11.6. The van der Waals surface area contributed by atoms with E-state index in [-0.39, 0.29) is 21.1 Å². The number of imidazole rings is 4. The summed E-state index contributed by atoms with van der Waals surface area (Å²) in [6.07, 6.45) is 11.0. The van der Waals surface area contributed by atoms with E-state index in [0.29, 0.717) is 23.1 Å². The van der Waals surface area contributed by atoms with E-state index in [1.165, 1.54) is 0 Å². The van der Waals surface area contributed by atoms with E-state index in [9.17, 15) is 0 Å². The van der Waals surface area contributed by atoms with Gasteiger partial charge in [-0.05, 0) is 39.0 Å². The predicted octanol–water partition coefficient (Wildman–Crippen LogP) is 8.53. The first-order valence-corrected chi connectivity index (χ1v) is 17.2. The Bertz CT molecular complexity index is 3100. The van der Waals surface area contributed by atoms with Crippen molar-refractivity contribution < 1.29 is 30.4 Å². The molecule has 11 rings (SSSR count). The first kappa shape index (κ1) is 31.9. The molecule has 0 fully saturated rings. The molecular formula is C44H26N8OPt-2. The van der Waals surface area contributed by atoms with Crippen LogP contribution in [0.2, 0.25) is 0 Å².